The largest absolute Gasteiger partial charge is 0.467 e. The highest BCUT2D eigenvalue weighted by Crippen LogP contribution is 2.62. The molecule has 1 atom stereocenters. The molecule has 0 radical (unpaired) electrons. The van der Waals surface area contributed by atoms with E-state index in [4.69, 9.17) is 14.2 Å². The van der Waals surface area contributed by atoms with E-state index in [0.717, 1.165) is 29.1 Å². The van der Waals surface area contributed by atoms with E-state index in [2.05, 4.69) is 37.2 Å². The molecule has 0 heterocycles. The predicted octanol–water partition coefficient (Wildman–Crippen LogP) is 5.07. The fraction of sp³-hybridized carbons (Fsp3) is 0.692. The van der Waals surface area contributed by atoms with Gasteiger partial charge in [0, 0.05) is 12.7 Å². The quantitative estimate of drug-likeness (QED) is 0.264. The maximum absolute atomic E-state index is 10.8. The molecule has 4 bridgehead atoms. The number of benzene rings is 1. The minimum atomic E-state index is -1.54. The first-order chi connectivity index (χ1) is 14.8. The normalized spacial score (nSPS) is 30.0. The Balaban J connectivity index is 1.62. The van der Waals surface area contributed by atoms with Gasteiger partial charge in [-0.2, -0.15) is 0 Å². The second kappa shape index (κ2) is 9.27. The molecule has 1 N–H and O–H groups in total. The van der Waals surface area contributed by atoms with Crippen LogP contribution >= 0.6 is 0 Å². The molecular weight excluding hydrogens is 404 g/mol. The summed E-state index contributed by atoms with van der Waals surface area (Å²) in [6.07, 6.45) is 7.21. The molecule has 1 aromatic rings. The van der Waals surface area contributed by atoms with Crippen LogP contribution in [-0.4, -0.2) is 40.3 Å². The van der Waals surface area contributed by atoms with E-state index < -0.39 is 14.2 Å². The number of methoxy groups -OCH3 is 1. The molecule has 5 rings (SSSR count). The zero-order chi connectivity index (χ0) is 22.1. The third-order valence-electron chi connectivity index (χ3n) is 7.24. The minimum Gasteiger partial charge on any atom is -0.467 e. The highest BCUT2D eigenvalue weighted by molar-refractivity contribution is 6.83. The van der Waals surface area contributed by atoms with E-state index >= 15 is 0 Å². The van der Waals surface area contributed by atoms with Crippen molar-refractivity contribution in [1.29, 1.82) is 0 Å². The highest BCUT2D eigenvalue weighted by atomic mass is 28.3. The lowest BCUT2D eigenvalue weighted by atomic mass is 9.48. The lowest BCUT2D eigenvalue weighted by molar-refractivity contribution is -0.0190. The fourth-order valence-electron chi connectivity index (χ4n) is 6.37. The van der Waals surface area contributed by atoms with Crippen molar-refractivity contribution in [3.05, 3.63) is 29.3 Å². The molecule has 0 amide bonds. The molecule has 31 heavy (non-hydrogen) atoms. The van der Waals surface area contributed by atoms with Gasteiger partial charge < -0.3 is 19.3 Å². The second-order valence-corrected chi connectivity index (χ2v) is 15.8. The highest BCUT2D eigenvalue weighted by Gasteiger charge is 2.52. The maximum Gasteiger partial charge on any atom is 0.189 e. The Labute approximate surface area is 188 Å². The Kier molecular flexibility index (Phi) is 6.84. The van der Waals surface area contributed by atoms with E-state index in [-0.39, 0.29) is 12.2 Å². The van der Waals surface area contributed by atoms with Gasteiger partial charge in [0.15, 0.2) is 6.79 Å². The van der Waals surface area contributed by atoms with Gasteiger partial charge in [-0.3, -0.25) is 0 Å². The Morgan fingerprint density at radius 1 is 1.06 bits per heavy atom. The fourth-order valence-corrected chi connectivity index (χ4v) is 6.94. The van der Waals surface area contributed by atoms with Crippen LogP contribution in [-0.2, 0) is 14.9 Å². The summed E-state index contributed by atoms with van der Waals surface area (Å²) in [6.45, 7) is 7.91. The van der Waals surface area contributed by atoms with Crippen LogP contribution in [0, 0.1) is 29.2 Å². The molecule has 0 aromatic heterocycles. The molecule has 170 valence electrons. The molecule has 0 spiro atoms. The van der Waals surface area contributed by atoms with E-state index in [0.29, 0.717) is 13.2 Å². The van der Waals surface area contributed by atoms with Crippen molar-refractivity contribution < 1.29 is 19.3 Å². The lowest BCUT2D eigenvalue weighted by Crippen LogP contribution is -2.48. The summed E-state index contributed by atoms with van der Waals surface area (Å²) in [6, 6.07) is 6.20. The lowest BCUT2D eigenvalue weighted by Gasteiger charge is -2.57. The van der Waals surface area contributed by atoms with Crippen LogP contribution in [0.5, 0.6) is 5.75 Å². The summed E-state index contributed by atoms with van der Waals surface area (Å²) >= 11 is 0. The van der Waals surface area contributed by atoms with E-state index in [1.54, 1.807) is 7.11 Å². The Morgan fingerprint density at radius 2 is 1.71 bits per heavy atom. The predicted molar refractivity (Wildman–Crippen MR) is 126 cm³/mol. The first kappa shape index (κ1) is 22.9. The Morgan fingerprint density at radius 3 is 2.29 bits per heavy atom. The summed E-state index contributed by atoms with van der Waals surface area (Å²) < 4.78 is 16.8. The van der Waals surface area contributed by atoms with Crippen LogP contribution in [0.1, 0.15) is 55.8 Å². The van der Waals surface area contributed by atoms with Crippen LogP contribution < -0.4 is 4.74 Å². The van der Waals surface area contributed by atoms with Crippen molar-refractivity contribution in [3.63, 3.8) is 0 Å². The third kappa shape index (κ3) is 5.36. The molecule has 4 aliphatic rings. The van der Waals surface area contributed by atoms with Gasteiger partial charge >= 0.3 is 0 Å². The van der Waals surface area contributed by atoms with Crippen molar-refractivity contribution >= 4 is 8.07 Å². The van der Waals surface area contributed by atoms with Crippen LogP contribution in [0.3, 0.4) is 0 Å². The number of aliphatic hydroxyl groups excluding tert-OH is 1. The molecule has 0 aliphatic heterocycles. The third-order valence-corrected chi connectivity index (χ3v) is 8.14. The minimum absolute atomic E-state index is 0.179. The summed E-state index contributed by atoms with van der Waals surface area (Å²) in [5.74, 6) is 6.56. The van der Waals surface area contributed by atoms with E-state index in [1.165, 1.54) is 44.1 Å². The standard InChI is InChI=1S/C26H38O4Si/c1-28-8-9-29-18-30-25-6-5-22(24(27)7-10-31(2,3)4)14-23(25)26-15-19-11-20(16-26)13-21(12-19)17-26/h5-6,14,19-21,24,27H,8-9,11-13,15-18H2,1-4H3. The summed E-state index contributed by atoms with van der Waals surface area (Å²) in [4.78, 5) is 0. The van der Waals surface area contributed by atoms with E-state index in [1.807, 2.05) is 12.1 Å². The van der Waals surface area contributed by atoms with Gasteiger partial charge in [0.2, 0.25) is 0 Å². The topological polar surface area (TPSA) is 47.9 Å². The van der Waals surface area contributed by atoms with Gasteiger partial charge in [-0.05, 0) is 79.4 Å². The first-order valence-electron chi connectivity index (χ1n) is 11.8. The van der Waals surface area contributed by atoms with Crippen molar-refractivity contribution in [1.82, 2.24) is 0 Å². The van der Waals surface area contributed by atoms with Gasteiger partial charge in [0.25, 0.3) is 0 Å². The molecule has 1 unspecified atom stereocenters. The maximum atomic E-state index is 10.8. The van der Waals surface area contributed by atoms with Crippen LogP contribution in [0.15, 0.2) is 18.2 Å². The molecule has 0 saturated heterocycles. The zero-order valence-electron chi connectivity index (χ0n) is 19.6. The molecule has 4 saturated carbocycles. The smallest absolute Gasteiger partial charge is 0.189 e. The Bertz CT molecular complexity index is 797. The average molecular weight is 443 g/mol. The van der Waals surface area contributed by atoms with Crippen molar-refractivity contribution in [2.45, 2.75) is 69.7 Å². The molecule has 4 fully saturated rings. The molecule has 4 aliphatic carbocycles. The van der Waals surface area contributed by atoms with E-state index in [9.17, 15) is 5.11 Å². The summed E-state index contributed by atoms with van der Waals surface area (Å²) in [5, 5.41) is 10.8. The van der Waals surface area contributed by atoms with Crippen LogP contribution in [0.25, 0.3) is 0 Å². The average Bonchev–Trinajstić information content (AvgIpc) is 2.70. The second-order valence-electron chi connectivity index (χ2n) is 11.0. The van der Waals surface area contributed by atoms with Crippen molar-refractivity contribution in [2.75, 3.05) is 27.1 Å². The Hall–Kier alpha value is -1.32. The summed E-state index contributed by atoms with van der Waals surface area (Å²) in [7, 11) is 0.135. The van der Waals surface area contributed by atoms with Gasteiger partial charge in [-0.25, -0.2) is 0 Å². The molecule has 1 aromatic carbocycles. The SMILES string of the molecule is COCCOCOc1ccc(C(O)C#C[Si](C)(C)C)cc1C12CC3CC(CC(C3)C1)C2. The molecule has 5 heteroatoms. The zero-order valence-corrected chi connectivity index (χ0v) is 20.6. The summed E-state index contributed by atoms with van der Waals surface area (Å²) in [5.41, 5.74) is 5.66. The number of aliphatic hydroxyl groups is 1. The molecule has 4 nitrogen and oxygen atoms in total. The van der Waals surface area contributed by atoms with Gasteiger partial charge in [0.05, 0.1) is 13.2 Å². The number of rotatable bonds is 8. The number of ether oxygens (including phenoxy) is 3. The van der Waals surface area contributed by atoms with Gasteiger partial charge in [0.1, 0.15) is 19.9 Å². The van der Waals surface area contributed by atoms with Crippen molar-refractivity contribution in [3.8, 4) is 17.2 Å². The van der Waals surface area contributed by atoms with Gasteiger partial charge in [-0.15, -0.1) is 5.54 Å². The van der Waals surface area contributed by atoms with Gasteiger partial charge in [-0.1, -0.05) is 31.6 Å². The van der Waals surface area contributed by atoms with Crippen LogP contribution in [0.2, 0.25) is 19.6 Å². The number of hydrogen-bond donors (Lipinski definition) is 1. The number of hydrogen-bond acceptors (Lipinski definition) is 4. The monoisotopic (exact) mass is 442 g/mol. The van der Waals surface area contributed by atoms with Crippen LogP contribution in [0.4, 0.5) is 0 Å². The first-order valence-corrected chi connectivity index (χ1v) is 15.3. The van der Waals surface area contributed by atoms with Crippen molar-refractivity contribution in [2.24, 2.45) is 17.8 Å². The molecular formula is C26H38O4Si.